The molecule has 0 aliphatic carbocycles. The second-order valence-corrected chi connectivity index (χ2v) is 7.79. The lowest BCUT2D eigenvalue weighted by Gasteiger charge is -2.22. The first kappa shape index (κ1) is 17.3. The predicted octanol–water partition coefficient (Wildman–Crippen LogP) is 1.29. The first-order chi connectivity index (χ1) is 12.7. The Labute approximate surface area is 158 Å². The first-order valence-electron chi connectivity index (χ1n) is 8.14. The summed E-state index contributed by atoms with van der Waals surface area (Å²) in [6, 6.07) is 5.78. The topological polar surface area (TPSA) is 109 Å². The number of carbonyl (C=O) groups excluding carboxylic acids is 1. The SMILES string of the molecule is CSCC[C@H]([NH3+])c1nnc2n1NC(c1ccc3c(c1)NC(=O)CO3)=CS2. The molecule has 8 nitrogen and oxygen atoms in total. The fourth-order valence-corrected chi connectivity index (χ4v) is 4.02. The van der Waals surface area contributed by atoms with Crippen LogP contribution in [0, 0.1) is 0 Å². The number of nitrogens with one attached hydrogen (secondary N) is 2. The molecule has 0 fully saturated rings. The number of amides is 1. The number of anilines is 1. The third kappa shape index (κ3) is 3.27. The largest absolute Gasteiger partial charge is 0.482 e. The summed E-state index contributed by atoms with van der Waals surface area (Å²) >= 11 is 3.30. The van der Waals surface area contributed by atoms with Gasteiger partial charge in [-0.25, -0.2) is 4.68 Å². The monoisotopic (exact) mass is 391 g/mol. The van der Waals surface area contributed by atoms with Crippen molar-refractivity contribution in [2.75, 3.05) is 29.4 Å². The minimum atomic E-state index is -0.147. The predicted molar refractivity (Wildman–Crippen MR) is 102 cm³/mol. The van der Waals surface area contributed by atoms with Crippen LogP contribution in [0.25, 0.3) is 5.70 Å². The van der Waals surface area contributed by atoms with Crippen LogP contribution in [0.1, 0.15) is 23.9 Å². The zero-order valence-electron chi connectivity index (χ0n) is 14.2. The highest BCUT2D eigenvalue weighted by Gasteiger charge is 2.25. The van der Waals surface area contributed by atoms with Crippen molar-refractivity contribution in [3.8, 4) is 5.75 Å². The number of nitrogens with zero attached hydrogens (tertiary/aromatic N) is 3. The molecule has 0 radical (unpaired) electrons. The lowest BCUT2D eigenvalue weighted by atomic mass is 10.1. The van der Waals surface area contributed by atoms with E-state index in [-0.39, 0.29) is 18.6 Å². The Morgan fingerprint density at radius 2 is 2.35 bits per heavy atom. The van der Waals surface area contributed by atoms with Crippen molar-refractivity contribution >= 4 is 40.8 Å². The maximum absolute atomic E-state index is 11.5. The van der Waals surface area contributed by atoms with Crippen LogP contribution in [0.15, 0.2) is 28.8 Å². The fourth-order valence-electron chi connectivity index (χ4n) is 2.76. The summed E-state index contributed by atoms with van der Waals surface area (Å²) in [6.45, 7) is 0.0531. The zero-order chi connectivity index (χ0) is 18.1. The Balaban J connectivity index is 1.58. The molecule has 26 heavy (non-hydrogen) atoms. The van der Waals surface area contributed by atoms with E-state index in [2.05, 4.69) is 32.9 Å². The number of aromatic nitrogens is 3. The molecule has 1 amide bonds. The van der Waals surface area contributed by atoms with Gasteiger partial charge in [-0.2, -0.15) is 11.8 Å². The third-order valence-electron chi connectivity index (χ3n) is 4.13. The summed E-state index contributed by atoms with van der Waals surface area (Å²) in [5.74, 6) is 2.38. The molecule has 2 aliphatic rings. The van der Waals surface area contributed by atoms with Crippen LogP contribution in [-0.2, 0) is 4.79 Å². The Bertz CT molecular complexity index is 882. The Hall–Kier alpha value is -2.17. The molecule has 2 aliphatic heterocycles. The maximum atomic E-state index is 11.5. The van der Waals surface area contributed by atoms with Gasteiger partial charge < -0.3 is 15.8 Å². The molecule has 5 N–H and O–H groups in total. The van der Waals surface area contributed by atoms with Crippen LogP contribution < -0.4 is 21.2 Å². The van der Waals surface area contributed by atoms with E-state index >= 15 is 0 Å². The fraction of sp³-hybridized carbons (Fsp3) is 0.312. The molecule has 1 atom stereocenters. The molecule has 0 saturated carbocycles. The Morgan fingerprint density at radius 3 is 3.19 bits per heavy atom. The van der Waals surface area contributed by atoms with Crippen LogP contribution in [0.4, 0.5) is 5.69 Å². The smallest absolute Gasteiger partial charge is 0.262 e. The number of hydrogen-bond acceptors (Lipinski definition) is 7. The van der Waals surface area contributed by atoms with Gasteiger partial charge in [0, 0.05) is 17.4 Å². The van der Waals surface area contributed by atoms with Gasteiger partial charge >= 0.3 is 0 Å². The van der Waals surface area contributed by atoms with E-state index in [0.29, 0.717) is 11.4 Å². The molecule has 3 heterocycles. The van der Waals surface area contributed by atoms with E-state index < -0.39 is 0 Å². The van der Waals surface area contributed by atoms with Gasteiger partial charge in [-0.1, -0.05) is 11.8 Å². The van der Waals surface area contributed by atoms with Gasteiger partial charge in [0.2, 0.25) is 11.0 Å². The highest BCUT2D eigenvalue weighted by atomic mass is 32.2. The van der Waals surface area contributed by atoms with Crippen LogP contribution in [0.3, 0.4) is 0 Å². The summed E-state index contributed by atoms with van der Waals surface area (Å²) in [7, 11) is 0. The summed E-state index contributed by atoms with van der Waals surface area (Å²) in [4.78, 5) is 11.5. The average Bonchev–Trinajstić information content (AvgIpc) is 3.08. The van der Waals surface area contributed by atoms with Gasteiger partial charge in [-0.3, -0.25) is 10.2 Å². The Morgan fingerprint density at radius 1 is 1.46 bits per heavy atom. The van der Waals surface area contributed by atoms with E-state index in [1.807, 2.05) is 28.3 Å². The normalized spacial score (nSPS) is 16.5. The van der Waals surface area contributed by atoms with E-state index in [1.165, 1.54) is 11.8 Å². The van der Waals surface area contributed by atoms with Crippen LogP contribution >= 0.6 is 23.5 Å². The molecule has 1 aromatic heterocycles. The van der Waals surface area contributed by atoms with Crippen molar-refractivity contribution in [1.82, 2.24) is 14.9 Å². The van der Waals surface area contributed by atoms with Gasteiger partial charge in [0.05, 0.1) is 11.4 Å². The molecule has 4 rings (SSSR count). The van der Waals surface area contributed by atoms with Gasteiger partial charge in [0.15, 0.2) is 6.61 Å². The molecule has 0 bridgehead atoms. The van der Waals surface area contributed by atoms with Crippen molar-refractivity contribution in [3.05, 3.63) is 35.0 Å². The third-order valence-corrected chi connectivity index (χ3v) is 5.60. The quantitative estimate of drug-likeness (QED) is 0.705. The van der Waals surface area contributed by atoms with Gasteiger partial charge in [0.25, 0.3) is 5.91 Å². The zero-order valence-corrected chi connectivity index (χ0v) is 15.8. The van der Waals surface area contributed by atoms with Crippen LogP contribution in [0.2, 0.25) is 0 Å². The van der Waals surface area contributed by atoms with Crippen molar-refractivity contribution in [2.24, 2.45) is 0 Å². The summed E-state index contributed by atoms with van der Waals surface area (Å²) < 4.78 is 7.31. The van der Waals surface area contributed by atoms with Gasteiger partial charge in [0.1, 0.15) is 11.8 Å². The number of hydrogen-bond donors (Lipinski definition) is 3. The minimum Gasteiger partial charge on any atom is -0.482 e. The van der Waals surface area contributed by atoms with Gasteiger partial charge in [-0.15, -0.1) is 10.2 Å². The van der Waals surface area contributed by atoms with Crippen molar-refractivity contribution in [3.63, 3.8) is 0 Å². The maximum Gasteiger partial charge on any atom is 0.262 e. The summed E-state index contributed by atoms with van der Waals surface area (Å²) in [5, 5.41) is 14.2. The van der Waals surface area contributed by atoms with E-state index in [9.17, 15) is 4.79 Å². The number of rotatable bonds is 5. The highest BCUT2D eigenvalue weighted by molar-refractivity contribution is 8.02. The lowest BCUT2D eigenvalue weighted by molar-refractivity contribution is -0.429. The summed E-state index contributed by atoms with van der Waals surface area (Å²) in [6.07, 6.45) is 3.02. The van der Waals surface area contributed by atoms with E-state index in [4.69, 9.17) is 4.74 Å². The molecular formula is C16H19N6O2S2+. The Kier molecular flexibility index (Phi) is 4.79. The van der Waals surface area contributed by atoms with E-state index in [0.717, 1.165) is 34.4 Å². The molecule has 136 valence electrons. The number of thioether (sulfide) groups is 2. The molecule has 0 unspecified atom stereocenters. The molecule has 10 heteroatoms. The number of carbonyl (C=O) groups is 1. The van der Waals surface area contributed by atoms with Crippen molar-refractivity contribution in [1.29, 1.82) is 0 Å². The van der Waals surface area contributed by atoms with E-state index in [1.54, 1.807) is 11.8 Å². The standard InChI is InChI=1S/C16H18N6O2S2/c1-25-5-4-10(17)15-19-20-16-22(15)21-12(8-26-16)9-2-3-13-11(6-9)18-14(23)7-24-13/h2-3,6,8,10,21H,4-5,7,17H2,1H3,(H,18,23)/p+1/t10-/m0/s1. The molecular weight excluding hydrogens is 372 g/mol. The average molecular weight is 392 g/mol. The molecule has 2 aromatic rings. The second-order valence-electron chi connectivity index (χ2n) is 5.96. The second kappa shape index (κ2) is 7.22. The van der Waals surface area contributed by atoms with Crippen LogP contribution in [0.5, 0.6) is 5.75 Å². The van der Waals surface area contributed by atoms with Crippen molar-refractivity contribution in [2.45, 2.75) is 17.6 Å². The molecule has 0 spiro atoms. The number of fused-ring (bicyclic) bond motifs is 2. The van der Waals surface area contributed by atoms with Gasteiger partial charge in [-0.05, 0) is 30.2 Å². The number of quaternary nitrogens is 1. The summed E-state index contributed by atoms with van der Waals surface area (Å²) in [5.41, 5.74) is 10.1. The van der Waals surface area contributed by atoms with Crippen molar-refractivity contribution < 1.29 is 15.3 Å². The lowest BCUT2D eigenvalue weighted by Crippen LogP contribution is -2.55. The molecule has 1 aromatic carbocycles. The minimum absolute atomic E-state index is 0.0531. The van der Waals surface area contributed by atoms with Crippen LogP contribution in [-0.4, -0.2) is 39.4 Å². The molecule has 0 saturated heterocycles. The first-order valence-corrected chi connectivity index (χ1v) is 10.4. The highest BCUT2D eigenvalue weighted by Crippen LogP contribution is 2.34. The number of benzene rings is 1. The number of ether oxygens (including phenoxy) is 1.